The largest absolute Gasteiger partial charge is 0.356 e. The Balaban J connectivity index is 1.65. The number of nitrogens with one attached hydrogen (secondary N) is 1. The van der Waals surface area contributed by atoms with Crippen molar-refractivity contribution in [3.63, 3.8) is 0 Å². The van der Waals surface area contributed by atoms with E-state index < -0.39 is 17.5 Å². The molecule has 6 nitrogen and oxygen atoms in total. The number of alkyl halides is 1. The Morgan fingerprint density at radius 1 is 1.29 bits per heavy atom. The molecule has 3 aromatic heterocycles. The van der Waals surface area contributed by atoms with Crippen molar-refractivity contribution in [2.45, 2.75) is 38.4 Å². The number of nitrogens with two attached hydrogens (primary N) is 1. The van der Waals surface area contributed by atoms with Gasteiger partial charge in [0.05, 0.1) is 0 Å². The minimum atomic E-state index is -1.45. The third kappa shape index (κ3) is 3.44. The maximum Gasteiger partial charge on any atom is 0.155 e. The Morgan fingerprint density at radius 2 is 2.11 bits per heavy atom. The monoisotopic (exact) mass is 386 g/mol. The summed E-state index contributed by atoms with van der Waals surface area (Å²) in [6, 6.07) is 6.10. The molecule has 3 aromatic rings. The van der Waals surface area contributed by atoms with E-state index in [4.69, 9.17) is 5.73 Å². The predicted molar refractivity (Wildman–Crippen MR) is 105 cm³/mol. The fourth-order valence-electron chi connectivity index (χ4n) is 3.88. The molecule has 3 N–H and O–H groups in total. The molecule has 0 aliphatic carbocycles. The minimum Gasteiger partial charge on any atom is -0.356 e. The van der Waals surface area contributed by atoms with Gasteiger partial charge in [-0.3, -0.25) is 5.10 Å². The fraction of sp³-hybridized carbons (Fsp3) is 0.450. The van der Waals surface area contributed by atoms with Gasteiger partial charge in [-0.25, -0.2) is 18.7 Å². The van der Waals surface area contributed by atoms with Gasteiger partial charge in [0.25, 0.3) is 0 Å². The second-order valence-electron chi connectivity index (χ2n) is 7.91. The maximum atomic E-state index is 14.6. The lowest BCUT2D eigenvalue weighted by Gasteiger charge is -2.39. The van der Waals surface area contributed by atoms with Crippen LogP contribution >= 0.6 is 0 Å². The van der Waals surface area contributed by atoms with Crippen molar-refractivity contribution in [1.29, 1.82) is 0 Å². The van der Waals surface area contributed by atoms with Gasteiger partial charge in [-0.1, -0.05) is 0 Å². The molecule has 2 atom stereocenters. The number of fused-ring (bicyclic) bond motifs is 1. The average Bonchev–Trinajstić information content (AvgIpc) is 3.11. The molecule has 1 aliphatic rings. The average molecular weight is 386 g/mol. The third-order valence-corrected chi connectivity index (χ3v) is 5.47. The number of anilines is 1. The van der Waals surface area contributed by atoms with E-state index in [1.165, 1.54) is 19.9 Å². The first-order chi connectivity index (χ1) is 13.3. The van der Waals surface area contributed by atoms with E-state index in [-0.39, 0.29) is 11.6 Å². The van der Waals surface area contributed by atoms with Crippen molar-refractivity contribution in [2.24, 2.45) is 11.7 Å². The van der Waals surface area contributed by atoms with E-state index >= 15 is 0 Å². The molecule has 1 fully saturated rings. The molecule has 4 rings (SSSR count). The smallest absolute Gasteiger partial charge is 0.155 e. The lowest BCUT2D eigenvalue weighted by Crippen LogP contribution is -2.51. The van der Waals surface area contributed by atoms with Crippen molar-refractivity contribution in [2.75, 3.05) is 18.0 Å². The number of halogens is 2. The molecule has 4 heterocycles. The first-order valence-corrected chi connectivity index (χ1v) is 9.50. The van der Waals surface area contributed by atoms with E-state index in [0.29, 0.717) is 29.1 Å². The van der Waals surface area contributed by atoms with Gasteiger partial charge >= 0.3 is 0 Å². The summed E-state index contributed by atoms with van der Waals surface area (Å²) in [6.07, 6.45) is 3.40. The molecule has 0 aromatic carbocycles. The van der Waals surface area contributed by atoms with Gasteiger partial charge in [0.15, 0.2) is 11.5 Å². The van der Waals surface area contributed by atoms with Crippen molar-refractivity contribution in [3.05, 3.63) is 36.3 Å². The van der Waals surface area contributed by atoms with Crippen LogP contribution in [0.2, 0.25) is 0 Å². The van der Waals surface area contributed by atoms with E-state index in [1.54, 1.807) is 18.3 Å². The highest BCUT2D eigenvalue weighted by molar-refractivity contribution is 5.89. The van der Waals surface area contributed by atoms with Crippen LogP contribution in [0.15, 0.2) is 30.5 Å². The van der Waals surface area contributed by atoms with Crippen LogP contribution in [0.4, 0.5) is 14.6 Å². The molecule has 148 valence electrons. The second-order valence-corrected chi connectivity index (χ2v) is 7.91. The molecule has 0 bridgehead atoms. The molecule has 0 amide bonds. The van der Waals surface area contributed by atoms with Crippen LogP contribution in [-0.4, -0.2) is 45.0 Å². The summed E-state index contributed by atoms with van der Waals surface area (Å²) in [5.74, 6) is 0.209. The number of pyridine rings is 2. The van der Waals surface area contributed by atoms with E-state index in [9.17, 15) is 8.78 Å². The van der Waals surface area contributed by atoms with Gasteiger partial charge in [-0.15, -0.1) is 0 Å². The molecule has 28 heavy (non-hydrogen) atoms. The number of aromatic amines is 1. The van der Waals surface area contributed by atoms with E-state index in [1.807, 2.05) is 6.07 Å². The molecular weight excluding hydrogens is 362 g/mol. The van der Waals surface area contributed by atoms with Gasteiger partial charge in [-0.2, -0.15) is 5.10 Å². The van der Waals surface area contributed by atoms with Crippen LogP contribution in [0.5, 0.6) is 0 Å². The molecule has 0 saturated carbocycles. The van der Waals surface area contributed by atoms with Gasteiger partial charge in [0.2, 0.25) is 0 Å². The number of rotatable bonds is 4. The highest BCUT2D eigenvalue weighted by Gasteiger charge is 2.35. The Kier molecular flexibility index (Phi) is 4.74. The zero-order valence-corrected chi connectivity index (χ0v) is 16.0. The summed E-state index contributed by atoms with van der Waals surface area (Å²) in [7, 11) is 0. The zero-order valence-electron chi connectivity index (χ0n) is 16.0. The molecule has 2 unspecified atom stereocenters. The number of H-pyrrole nitrogens is 1. The topological polar surface area (TPSA) is 83.7 Å². The standard InChI is InChI=1S/C20H24F2N6/c1-20(2,22)18(23)12-5-4-10-28(11-12)15-8-7-14(21)17(25-15)16-13-6-3-9-24-19(13)27-26-16/h3,6-9,12,18H,4-5,10-11,23H2,1-2H3,(H,24,26,27). The van der Waals surface area contributed by atoms with Crippen molar-refractivity contribution in [1.82, 2.24) is 20.2 Å². The third-order valence-electron chi connectivity index (χ3n) is 5.47. The summed E-state index contributed by atoms with van der Waals surface area (Å²) in [5.41, 5.74) is 5.89. The zero-order chi connectivity index (χ0) is 19.9. The van der Waals surface area contributed by atoms with Gasteiger partial charge in [-0.05, 0) is 56.9 Å². The molecule has 1 aliphatic heterocycles. The first-order valence-electron chi connectivity index (χ1n) is 9.50. The van der Waals surface area contributed by atoms with Crippen molar-refractivity contribution >= 4 is 16.9 Å². The summed E-state index contributed by atoms with van der Waals surface area (Å²) in [5, 5.41) is 7.73. The molecule has 0 spiro atoms. The van der Waals surface area contributed by atoms with Crippen LogP contribution < -0.4 is 10.6 Å². The quantitative estimate of drug-likeness (QED) is 0.718. The molecule has 8 heteroatoms. The Labute approximate surface area is 162 Å². The van der Waals surface area contributed by atoms with Gasteiger partial charge in [0, 0.05) is 30.7 Å². The lowest BCUT2D eigenvalue weighted by molar-refractivity contribution is 0.126. The van der Waals surface area contributed by atoms with Crippen LogP contribution in [-0.2, 0) is 0 Å². The van der Waals surface area contributed by atoms with Crippen LogP contribution in [0.3, 0.4) is 0 Å². The first kappa shape index (κ1) is 18.7. The number of hydrogen-bond acceptors (Lipinski definition) is 5. The fourth-order valence-corrected chi connectivity index (χ4v) is 3.88. The lowest BCUT2D eigenvalue weighted by atomic mass is 9.83. The van der Waals surface area contributed by atoms with Crippen molar-refractivity contribution in [3.8, 4) is 11.4 Å². The maximum absolute atomic E-state index is 14.6. The highest BCUT2D eigenvalue weighted by Crippen LogP contribution is 2.31. The summed E-state index contributed by atoms with van der Waals surface area (Å²) < 4.78 is 28.9. The summed E-state index contributed by atoms with van der Waals surface area (Å²) in [6.45, 7) is 4.40. The highest BCUT2D eigenvalue weighted by atomic mass is 19.1. The molecular formula is C20H24F2N6. The Hall–Kier alpha value is -2.61. The Bertz CT molecular complexity index is 980. The van der Waals surface area contributed by atoms with Gasteiger partial charge < -0.3 is 10.6 Å². The minimum absolute atomic E-state index is 0.0134. The summed E-state index contributed by atoms with van der Waals surface area (Å²) >= 11 is 0. The normalized spacial score (nSPS) is 19.2. The summed E-state index contributed by atoms with van der Waals surface area (Å²) in [4.78, 5) is 10.8. The van der Waals surface area contributed by atoms with Crippen LogP contribution in [0, 0.1) is 11.7 Å². The number of hydrogen-bond donors (Lipinski definition) is 2. The SMILES string of the molecule is CC(C)(F)C(N)C1CCCN(c2ccc(F)c(-c3n[nH]c4ncccc34)n2)C1. The second kappa shape index (κ2) is 7.09. The molecule has 1 saturated heterocycles. The van der Waals surface area contributed by atoms with Gasteiger partial charge in [0.1, 0.15) is 22.9 Å². The molecule has 0 radical (unpaired) electrons. The number of nitrogens with zero attached hydrogens (tertiary/aromatic N) is 4. The number of piperidine rings is 1. The Morgan fingerprint density at radius 3 is 2.89 bits per heavy atom. The van der Waals surface area contributed by atoms with E-state index in [2.05, 4.69) is 25.1 Å². The van der Waals surface area contributed by atoms with Crippen LogP contribution in [0.1, 0.15) is 26.7 Å². The predicted octanol–water partition coefficient (Wildman–Crippen LogP) is 3.45. The van der Waals surface area contributed by atoms with Crippen LogP contribution in [0.25, 0.3) is 22.4 Å². The van der Waals surface area contributed by atoms with Crippen molar-refractivity contribution < 1.29 is 8.78 Å². The number of aromatic nitrogens is 4. The van der Waals surface area contributed by atoms with E-state index in [0.717, 1.165) is 19.4 Å².